The van der Waals surface area contributed by atoms with E-state index in [2.05, 4.69) is 58.8 Å². The fourth-order valence-electron chi connectivity index (χ4n) is 2.37. The van der Waals surface area contributed by atoms with E-state index in [-0.39, 0.29) is 0 Å². The van der Waals surface area contributed by atoms with Crippen molar-refractivity contribution in [1.29, 1.82) is 0 Å². The zero-order chi connectivity index (χ0) is 11.4. The monoisotopic (exact) mass is 213 g/mol. The van der Waals surface area contributed by atoms with Crippen LogP contribution in [0.4, 0.5) is 0 Å². The molecule has 0 aliphatic rings. The third-order valence-corrected chi connectivity index (χ3v) is 9.45. The summed E-state index contributed by atoms with van der Waals surface area (Å²) in [6, 6.07) is 0. The summed E-state index contributed by atoms with van der Waals surface area (Å²) in [5, 5.41) is 0.347. The maximum Gasteiger partial charge on any atom is 0.158 e. The molecule has 2 unspecified atom stereocenters. The Kier molecular flexibility index (Phi) is 5.10. The first-order chi connectivity index (χ1) is 6.35. The van der Waals surface area contributed by atoms with Crippen LogP contribution in [0.2, 0.25) is 10.6 Å². The second-order valence-corrected chi connectivity index (χ2v) is 10.1. The van der Waals surface area contributed by atoms with Crippen LogP contribution >= 0.6 is 0 Å². The van der Waals surface area contributed by atoms with Crippen LogP contribution < -0.4 is 4.98 Å². The molecule has 0 saturated heterocycles. The van der Waals surface area contributed by atoms with Crippen LogP contribution in [0.15, 0.2) is 12.3 Å². The highest BCUT2D eigenvalue weighted by atomic mass is 28.3. The molecule has 0 bridgehead atoms. The van der Waals surface area contributed by atoms with Gasteiger partial charge in [0.05, 0.1) is 0 Å². The average molecular weight is 213 g/mol. The SMILES string of the molecule is C=C[Si](NCC)(C(C)CC)C(C)(C)C. The second-order valence-electron chi connectivity index (χ2n) is 5.16. The van der Waals surface area contributed by atoms with E-state index in [0.29, 0.717) is 5.04 Å². The first-order valence-electron chi connectivity index (χ1n) is 5.74. The van der Waals surface area contributed by atoms with E-state index in [0.717, 1.165) is 12.1 Å². The predicted octanol–water partition coefficient (Wildman–Crippen LogP) is 3.87. The zero-order valence-corrected chi connectivity index (χ0v) is 11.8. The summed E-state index contributed by atoms with van der Waals surface area (Å²) >= 11 is 0. The first-order valence-corrected chi connectivity index (χ1v) is 7.89. The third-order valence-electron chi connectivity index (χ3n) is 3.42. The molecular formula is C12H27NSi. The van der Waals surface area contributed by atoms with Crippen molar-refractivity contribution in [3.05, 3.63) is 12.3 Å². The smallest absolute Gasteiger partial charge is 0.158 e. The van der Waals surface area contributed by atoms with Gasteiger partial charge in [-0.3, -0.25) is 0 Å². The lowest BCUT2D eigenvalue weighted by Gasteiger charge is -2.45. The molecule has 0 rings (SSSR count). The Morgan fingerprint density at radius 2 is 1.86 bits per heavy atom. The van der Waals surface area contributed by atoms with Crippen molar-refractivity contribution >= 4 is 8.24 Å². The minimum absolute atomic E-state index is 0.347. The van der Waals surface area contributed by atoms with E-state index in [1.807, 2.05) is 0 Å². The maximum absolute atomic E-state index is 4.09. The van der Waals surface area contributed by atoms with Gasteiger partial charge in [0.2, 0.25) is 0 Å². The Morgan fingerprint density at radius 3 is 2.07 bits per heavy atom. The van der Waals surface area contributed by atoms with Crippen LogP contribution in [-0.2, 0) is 0 Å². The largest absolute Gasteiger partial charge is 0.334 e. The standard InChI is InChI=1S/C12H27NSi/c1-8-11(4)14(10-3,13-9-2)12(5,6)7/h10-11,13H,3,8-9H2,1-2,4-7H3. The van der Waals surface area contributed by atoms with E-state index in [9.17, 15) is 0 Å². The Hall–Kier alpha value is -0.0831. The van der Waals surface area contributed by atoms with Gasteiger partial charge >= 0.3 is 0 Å². The minimum atomic E-state index is -1.56. The fourth-order valence-corrected chi connectivity index (χ4v) is 7.12. The molecule has 0 aliphatic heterocycles. The summed E-state index contributed by atoms with van der Waals surface area (Å²) in [6.07, 6.45) is 1.24. The molecule has 0 aromatic rings. The Bertz CT molecular complexity index is 183. The molecule has 0 amide bonds. The highest BCUT2D eigenvalue weighted by Gasteiger charge is 2.45. The summed E-state index contributed by atoms with van der Waals surface area (Å²) in [6.45, 7) is 19.0. The summed E-state index contributed by atoms with van der Waals surface area (Å²) in [4.78, 5) is 3.76. The summed E-state index contributed by atoms with van der Waals surface area (Å²) in [5.41, 5.74) is 2.99. The summed E-state index contributed by atoms with van der Waals surface area (Å²) in [5.74, 6) is 0. The highest BCUT2D eigenvalue weighted by molar-refractivity contribution is 6.86. The maximum atomic E-state index is 4.09. The average Bonchev–Trinajstić information content (AvgIpc) is 2.11. The van der Waals surface area contributed by atoms with Crippen LogP contribution in [-0.4, -0.2) is 14.8 Å². The topological polar surface area (TPSA) is 12.0 Å². The van der Waals surface area contributed by atoms with E-state index >= 15 is 0 Å². The van der Waals surface area contributed by atoms with Gasteiger partial charge in [-0.1, -0.05) is 53.7 Å². The fraction of sp³-hybridized carbons (Fsp3) is 0.833. The van der Waals surface area contributed by atoms with Crippen molar-refractivity contribution in [3.63, 3.8) is 0 Å². The number of hydrogen-bond donors (Lipinski definition) is 1. The van der Waals surface area contributed by atoms with Crippen LogP contribution in [0.3, 0.4) is 0 Å². The van der Waals surface area contributed by atoms with Crippen molar-refractivity contribution in [2.45, 2.75) is 58.5 Å². The molecule has 1 nitrogen and oxygen atoms in total. The van der Waals surface area contributed by atoms with E-state index in [4.69, 9.17) is 0 Å². The summed E-state index contributed by atoms with van der Waals surface area (Å²) in [7, 11) is -1.56. The lowest BCUT2D eigenvalue weighted by Crippen LogP contribution is -2.58. The van der Waals surface area contributed by atoms with Gasteiger partial charge in [-0.15, -0.1) is 6.58 Å². The molecule has 0 aromatic carbocycles. The molecule has 1 N–H and O–H groups in total. The first kappa shape index (κ1) is 13.9. The van der Waals surface area contributed by atoms with E-state index in [1.54, 1.807) is 0 Å². The predicted molar refractivity (Wildman–Crippen MR) is 69.1 cm³/mol. The Labute approximate surface area is 91.1 Å². The van der Waals surface area contributed by atoms with Crippen molar-refractivity contribution in [1.82, 2.24) is 4.98 Å². The van der Waals surface area contributed by atoms with Crippen LogP contribution in [0.5, 0.6) is 0 Å². The van der Waals surface area contributed by atoms with Gasteiger partial charge in [0, 0.05) is 0 Å². The second kappa shape index (κ2) is 5.13. The lowest BCUT2D eigenvalue weighted by atomic mass is 10.2. The quantitative estimate of drug-likeness (QED) is 0.684. The van der Waals surface area contributed by atoms with Gasteiger partial charge in [0.15, 0.2) is 8.24 Å². The molecule has 2 atom stereocenters. The lowest BCUT2D eigenvalue weighted by molar-refractivity contribution is 0.645. The molecule has 0 saturated carbocycles. The van der Waals surface area contributed by atoms with Crippen molar-refractivity contribution in [2.75, 3.05) is 6.54 Å². The molecule has 2 heteroatoms. The molecular weight excluding hydrogens is 186 g/mol. The van der Waals surface area contributed by atoms with E-state index in [1.165, 1.54) is 6.42 Å². The minimum Gasteiger partial charge on any atom is -0.334 e. The van der Waals surface area contributed by atoms with Crippen molar-refractivity contribution < 1.29 is 0 Å². The highest BCUT2D eigenvalue weighted by Crippen LogP contribution is 2.43. The van der Waals surface area contributed by atoms with Crippen LogP contribution in [0.1, 0.15) is 48.0 Å². The molecule has 0 spiro atoms. The van der Waals surface area contributed by atoms with Gasteiger partial charge in [-0.25, -0.2) is 0 Å². The molecule has 14 heavy (non-hydrogen) atoms. The van der Waals surface area contributed by atoms with Gasteiger partial charge in [0.1, 0.15) is 0 Å². The molecule has 0 fully saturated rings. The van der Waals surface area contributed by atoms with Gasteiger partial charge in [-0.2, -0.15) is 0 Å². The van der Waals surface area contributed by atoms with Crippen molar-refractivity contribution in [2.24, 2.45) is 0 Å². The van der Waals surface area contributed by atoms with E-state index < -0.39 is 8.24 Å². The zero-order valence-electron chi connectivity index (χ0n) is 10.8. The molecule has 0 aromatic heterocycles. The number of nitrogens with one attached hydrogen (secondary N) is 1. The van der Waals surface area contributed by atoms with Gasteiger partial charge < -0.3 is 4.98 Å². The number of hydrogen-bond acceptors (Lipinski definition) is 1. The molecule has 84 valence electrons. The van der Waals surface area contributed by atoms with Crippen LogP contribution in [0, 0.1) is 0 Å². The normalized spacial score (nSPS) is 18.7. The molecule has 0 aliphatic carbocycles. The van der Waals surface area contributed by atoms with Crippen LogP contribution in [0.25, 0.3) is 0 Å². The molecule has 0 heterocycles. The Morgan fingerprint density at radius 1 is 1.36 bits per heavy atom. The third kappa shape index (κ3) is 2.48. The summed E-state index contributed by atoms with van der Waals surface area (Å²) < 4.78 is 0. The number of rotatable bonds is 5. The molecule has 0 radical (unpaired) electrons. The van der Waals surface area contributed by atoms with Crippen molar-refractivity contribution in [3.8, 4) is 0 Å². The van der Waals surface area contributed by atoms with Gasteiger partial charge in [0.25, 0.3) is 0 Å². The Balaban J connectivity index is 5.08. The van der Waals surface area contributed by atoms with Gasteiger partial charge in [-0.05, 0) is 17.1 Å².